The van der Waals surface area contributed by atoms with Crippen molar-refractivity contribution >= 4 is 0 Å². The standard InChI is InChI=1S/C19H25NO3/c1-23-19-10-6-5-9-17(19)18(20(11-13-21)12-14-22)15-16-7-3-2-4-8-16/h2-10,18,21-22H,11-15H2,1H3. The SMILES string of the molecule is COc1ccccc1C(Cc1ccccc1)N(CCO)CCO. The molecule has 1 unspecified atom stereocenters. The number of nitrogens with zero attached hydrogens (tertiary/aromatic N) is 1. The topological polar surface area (TPSA) is 52.9 Å². The highest BCUT2D eigenvalue weighted by Gasteiger charge is 2.23. The monoisotopic (exact) mass is 315 g/mol. The smallest absolute Gasteiger partial charge is 0.123 e. The molecule has 4 nitrogen and oxygen atoms in total. The Bertz CT molecular complexity index is 568. The first-order valence-corrected chi connectivity index (χ1v) is 7.92. The molecule has 23 heavy (non-hydrogen) atoms. The Hall–Kier alpha value is -1.88. The Morgan fingerprint density at radius 2 is 1.52 bits per heavy atom. The van der Waals surface area contributed by atoms with Crippen molar-refractivity contribution in [1.29, 1.82) is 0 Å². The molecular formula is C19H25NO3. The summed E-state index contributed by atoms with van der Waals surface area (Å²) >= 11 is 0. The predicted molar refractivity (Wildman–Crippen MR) is 91.6 cm³/mol. The van der Waals surface area contributed by atoms with Gasteiger partial charge in [-0.3, -0.25) is 4.90 Å². The van der Waals surface area contributed by atoms with Crippen molar-refractivity contribution in [3.63, 3.8) is 0 Å². The summed E-state index contributed by atoms with van der Waals surface area (Å²) in [4.78, 5) is 2.10. The minimum absolute atomic E-state index is 0.0350. The van der Waals surface area contributed by atoms with Crippen molar-refractivity contribution in [2.75, 3.05) is 33.4 Å². The zero-order chi connectivity index (χ0) is 16.5. The molecule has 0 amide bonds. The van der Waals surface area contributed by atoms with E-state index in [1.54, 1.807) is 7.11 Å². The Morgan fingerprint density at radius 1 is 0.913 bits per heavy atom. The van der Waals surface area contributed by atoms with Gasteiger partial charge in [-0.1, -0.05) is 48.5 Å². The van der Waals surface area contributed by atoms with Crippen LogP contribution in [-0.2, 0) is 6.42 Å². The van der Waals surface area contributed by atoms with E-state index >= 15 is 0 Å². The third-order valence-electron chi connectivity index (χ3n) is 3.98. The number of aliphatic hydroxyl groups excluding tert-OH is 2. The van der Waals surface area contributed by atoms with Crippen LogP contribution in [0.15, 0.2) is 54.6 Å². The van der Waals surface area contributed by atoms with Crippen LogP contribution in [0.5, 0.6) is 5.75 Å². The van der Waals surface area contributed by atoms with E-state index in [0.717, 1.165) is 17.7 Å². The fourth-order valence-electron chi connectivity index (χ4n) is 2.90. The molecular weight excluding hydrogens is 290 g/mol. The Kier molecular flexibility index (Phi) is 7.07. The molecule has 0 bridgehead atoms. The molecule has 0 aliphatic heterocycles. The fourth-order valence-corrected chi connectivity index (χ4v) is 2.90. The summed E-state index contributed by atoms with van der Waals surface area (Å²) in [5, 5.41) is 18.8. The predicted octanol–water partition coefficient (Wildman–Crippen LogP) is 2.27. The minimum Gasteiger partial charge on any atom is -0.496 e. The molecule has 2 aromatic carbocycles. The average Bonchev–Trinajstić information content (AvgIpc) is 2.60. The van der Waals surface area contributed by atoms with E-state index in [2.05, 4.69) is 17.0 Å². The van der Waals surface area contributed by atoms with Crippen molar-refractivity contribution in [2.45, 2.75) is 12.5 Å². The van der Waals surface area contributed by atoms with E-state index in [-0.39, 0.29) is 19.3 Å². The van der Waals surface area contributed by atoms with Gasteiger partial charge in [0.25, 0.3) is 0 Å². The summed E-state index contributed by atoms with van der Waals surface area (Å²) in [5.41, 5.74) is 2.28. The molecule has 0 aliphatic rings. The van der Waals surface area contributed by atoms with Gasteiger partial charge in [0, 0.05) is 24.7 Å². The maximum absolute atomic E-state index is 9.40. The molecule has 0 spiro atoms. The molecule has 2 N–H and O–H groups in total. The maximum Gasteiger partial charge on any atom is 0.123 e. The Morgan fingerprint density at radius 3 is 2.13 bits per heavy atom. The van der Waals surface area contributed by atoms with Gasteiger partial charge >= 0.3 is 0 Å². The Balaban J connectivity index is 2.36. The number of methoxy groups -OCH3 is 1. The van der Waals surface area contributed by atoms with Crippen molar-refractivity contribution in [2.24, 2.45) is 0 Å². The third-order valence-corrected chi connectivity index (χ3v) is 3.98. The third kappa shape index (κ3) is 4.79. The van der Waals surface area contributed by atoms with Gasteiger partial charge in [-0.05, 0) is 18.1 Å². The second kappa shape index (κ2) is 9.30. The van der Waals surface area contributed by atoms with E-state index in [0.29, 0.717) is 13.1 Å². The second-order valence-corrected chi connectivity index (χ2v) is 5.43. The number of para-hydroxylation sites is 1. The van der Waals surface area contributed by atoms with Gasteiger partial charge in [0.15, 0.2) is 0 Å². The number of hydrogen-bond acceptors (Lipinski definition) is 4. The molecule has 0 saturated carbocycles. The van der Waals surface area contributed by atoms with Gasteiger partial charge in [-0.25, -0.2) is 0 Å². The van der Waals surface area contributed by atoms with E-state index < -0.39 is 0 Å². The normalized spacial score (nSPS) is 12.3. The van der Waals surface area contributed by atoms with Crippen LogP contribution in [0.2, 0.25) is 0 Å². The Labute approximate surface area is 138 Å². The zero-order valence-corrected chi connectivity index (χ0v) is 13.6. The molecule has 0 aromatic heterocycles. The van der Waals surface area contributed by atoms with E-state index in [1.807, 2.05) is 42.5 Å². The molecule has 0 heterocycles. The average molecular weight is 315 g/mol. The van der Waals surface area contributed by atoms with Crippen molar-refractivity contribution in [3.8, 4) is 5.75 Å². The van der Waals surface area contributed by atoms with Crippen LogP contribution in [0.4, 0.5) is 0 Å². The van der Waals surface area contributed by atoms with Crippen molar-refractivity contribution < 1.29 is 14.9 Å². The highest BCUT2D eigenvalue weighted by atomic mass is 16.5. The van der Waals surface area contributed by atoms with Crippen LogP contribution < -0.4 is 4.74 Å². The highest BCUT2D eigenvalue weighted by molar-refractivity contribution is 5.37. The quantitative estimate of drug-likeness (QED) is 0.745. The number of rotatable bonds is 9. The van der Waals surface area contributed by atoms with Gasteiger partial charge in [0.1, 0.15) is 5.75 Å². The second-order valence-electron chi connectivity index (χ2n) is 5.43. The number of aliphatic hydroxyl groups is 2. The van der Waals surface area contributed by atoms with Gasteiger partial charge in [0.2, 0.25) is 0 Å². The van der Waals surface area contributed by atoms with E-state index in [1.165, 1.54) is 5.56 Å². The lowest BCUT2D eigenvalue weighted by Gasteiger charge is -2.32. The summed E-state index contributed by atoms with van der Waals surface area (Å²) < 4.78 is 5.52. The van der Waals surface area contributed by atoms with Gasteiger partial charge in [0.05, 0.1) is 20.3 Å². The first kappa shape index (κ1) is 17.5. The van der Waals surface area contributed by atoms with Crippen LogP contribution in [0.25, 0.3) is 0 Å². The molecule has 0 radical (unpaired) electrons. The maximum atomic E-state index is 9.40. The van der Waals surface area contributed by atoms with Crippen LogP contribution in [0, 0.1) is 0 Å². The summed E-state index contributed by atoms with van der Waals surface area (Å²) in [6.07, 6.45) is 0.793. The molecule has 124 valence electrons. The van der Waals surface area contributed by atoms with E-state index in [4.69, 9.17) is 4.74 Å². The van der Waals surface area contributed by atoms with Gasteiger partial charge in [-0.2, -0.15) is 0 Å². The minimum atomic E-state index is 0.0350. The van der Waals surface area contributed by atoms with Crippen molar-refractivity contribution in [3.05, 3.63) is 65.7 Å². The van der Waals surface area contributed by atoms with Gasteiger partial charge in [-0.15, -0.1) is 0 Å². The molecule has 4 heteroatoms. The summed E-state index contributed by atoms with van der Waals surface area (Å²) in [7, 11) is 1.67. The molecule has 0 fully saturated rings. The molecule has 2 rings (SSSR count). The lowest BCUT2D eigenvalue weighted by molar-refractivity contribution is 0.119. The first-order valence-electron chi connectivity index (χ1n) is 7.92. The first-order chi connectivity index (χ1) is 11.3. The largest absolute Gasteiger partial charge is 0.496 e. The molecule has 0 aliphatic carbocycles. The van der Waals surface area contributed by atoms with Crippen LogP contribution in [0.1, 0.15) is 17.2 Å². The molecule has 1 atom stereocenters. The lowest BCUT2D eigenvalue weighted by atomic mass is 9.96. The summed E-state index contributed by atoms with van der Waals surface area (Å²) in [6.45, 7) is 1.13. The van der Waals surface area contributed by atoms with Gasteiger partial charge < -0.3 is 14.9 Å². The fraction of sp³-hybridized carbons (Fsp3) is 0.368. The summed E-state index contributed by atoms with van der Waals surface area (Å²) in [6, 6.07) is 18.2. The van der Waals surface area contributed by atoms with Crippen molar-refractivity contribution in [1.82, 2.24) is 4.90 Å². The number of ether oxygens (including phenoxy) is 1. The summed E-state index contributed by atoms with van der Waals surface area (Å²) in [5.74, 6) is 0.828. The zero-order valence-electron chi connectivity index (χ0n) is 13.6. The van der Waals surface area contributed by atoms with Crippen LogP contribution in [-0.4, -0.2) is 48.5 Å². The van der Waals surface area contributed by atoms with E-state index in [9.17, 15) is 10.2 Å². The lowest BCUT2D eigenvalue weighted by Crippen LogP contribution is -2.35. The molecule has 0 saturated heterocycles. The number of benzene rings is 2. The highest BCUT2D eigenvalue weighted by Crippen LogP contribution is 2.31. The van der Waals surface area contributed by atoms with Crippen LogP contribution >= 0.6 is 0 Å². The number of hydrogen-bond donors (Lipinski definition) is 2. The van der Waals surface area contributed by atoms with Crippen LogP contribution in [0.3, 0.4) is 0 Å². The molecule has 2 aromatic rings.